The number of benzene rings is 8. The molecule has 2 aliphatic heterocycles. The molecule has 0 spiro atoms. The minimum atomic E-state index is -0.388. The topological polar surface area (TPSA) is 34.2 Å². The van der Waals surface area contributed by atoms with Crippen molar-refractivity contribution in [2.75, 3.05) is 0 Å². The third-order valence-electron chi connectivity index (χ3n) is 11.5. The van der Waals surface area contributed by atoms with Gasteiger partial charge in [-0.1, -0.05) is 146 Å². The van der Waals surface area contributed by atoms with E-state index in [4.69, 9.17) is 4.99 Å². The highest BCUT2D eigenvalue weighted by atomic mass is 15.3. The standard InChI is InChI=1S/C50H32N4/c1-3-14-31(15-4-1)33-26-27-36-42-29-40-38-22-13-21-37-34-18-8-11-24-44(34)53(49(37)38)45-25-12-9-19-35(45)41(40)30-47(42)54(46(36)28-33)50-51-43-23-10-7-20-39(43)48(52-50)32-16-5-2-6-17-32/h1-30,50,52H. The second-order valence-corrected chi connectivity index (χ2v) is 14.4. The van der Waals surface area contributed by atoms with Crippen molar-refractivity contribution in [1.29, 1.82) is 0 Å². The predicted octanol–water partition coefficient (Wildman–Crippen LogP) is 10.7. The Morgan fingerprint density at radius 2 is 1.09 bits per heavy atom. The molecule has 0 fully saturated rings. The lowest BCUT2D eigenvalue weighted by Crippen LogP contribution is -2.41. The average Bonchev–Trinajstić information content (AvgIpc) is 3.71. The Morgan fingerprint density at radius 3 is 1.98 bits per heavy atom. The van der Waals surface area contributed by atoms with Crippen molar-refractivity contribution in [2.45, 2.75) is 6.29 Å². The molecule has 0 saturated carbocycles. The summed E-state index contributed by atoms with van der Waals surface area (Å²) in [5.41, 5.74) is 15.4. The summed E-state index contributed by atoms with van der Waals surface area (Å²) in [6.07, 6.45) is -0.388. The second-order valence-electron chi connectivity index (χ2n) is 14.4. The molecule has 0 bridgehead atoms. The number of para-hydroxylation sites is 4. The normalized spacial score (nSPS) is 14.4. The second kappa shape index (κ2) is 11.2. The van der Waals surface area contributed by atoms with Gasteiger partial charge in [0.1, 0.15) is 0 Å². The van der Waals surface area contributed by atoms with Crippen LogP contribution in [0.4, 0.5) is 0 Å². The zero-order chi connectivity index (χ0) is 35.3. The van der Waals surface area contributed by atoms with Gasteiger partial charge in [0.15, 0.2) is 0 Å². The van der Waals surface area contributed by atoms with Gasteiger partial charge >= 0.3 is 0 Å². The molecule has 8 aromatic carbocycles. The summed E-state index contributed by atoms with van der Waals surface area (Å²) in [6.45, 7) is 0. The van der Waals surface area contributed by atoms with Gasteiger partial charge in [0.05, 0.1) is 38.8 Å². The third kappa shape index (κ3) is 4.11. The summed E-state index contributed by atoms with van der Waals surface area (Å²) in [6, 6.07) is 66.1. The van der Waals surface area contributed by atoms with Crippen LogP contribution in [-0.2, 0) is 0 Å². The van der Waals surface area contributed by atoms with E-state index in [0.29, 0.717) is 0 Å². The molecule has 252 valence electrons. The number of aromatic nitrogens is 2. The Balaban J connectivity index is 1.20. The largest absolute Gasteiger partial charge is 0.345 e. The van der Waals surface area contributed by atoms with Gasteiger partial charge in [-0.15, -0.1) is 0 Å². The van der Waals surface area contributed by atoms with Gasteiger partial charge < -0.3 is 14.5 Å². The van der Waals surface area contributed by atoms with E-state index < -0.39 is 0 Å². The lowest BCUT2D eigenvalue weighted by molar-refractivity contribution is 0.490. The van der Waals surface area contributed by atoms with Crippen molar-refractivity contribution in [3.63, 3.8) is 0 Å². The van der Waals surface area contributed by atoms with Crippen LogP contribution in [0.25, 0.3) is 88.4 Å². The van der Waals surface area contributed by atoms with Gasteiger partial charge in [0.2, 0.25) is 6.29 Å². The molecule has 0 amide bonds. The van der Waals surface area contributed by atoms with Crippen LogP contribution in [0.5, 0.6) is 0 Å². The van der Waals surface area contributed by atoms with Gasteiger partial charge in [-0.3, -0.25) is 0 Å². The van der Waals surface area contributed by atoms with Crippen molar-refractivity contribution in [3.8, 4) is 39.1 Å². The van der Waals surface area contributed by atoms with E-state index in [1.165, 1.54) is 71.6 Å². The third-order valence-corrected chi connectivity index (χ3v) is 11.5. The summed E-state index contributed by atoms with van der Waals surface area (Å²) >= 11 is 0. The smallest absolute Gasteiger partial charge is 0.201 e. The molecule has 4 nitrogen and oxygen atoms in total. The summed E-state index contributed by atoms with van der Waals surface area (Å²) in [5.74, 6) is 0. The molecule has 1 unspecified atom stereocenters. The molecule has 12 rings (SSSR count). The van der Waals surface area contributed by atoms with Crippen LogP contribution < -0.4 is 15.9 Å². The maximum absolute atomic E-state index is 5.46. The van der Waals surface area contributed by atoms with E-state index in [2.05, 4.69) is 196 Å². The molecule has 1 atom stereocenters. The van der Waals surface area contributed by atoms with E-state index in [1.807, 2.05) is 0 Å². The van der Waals surface area contributed by atoms with Crippen molar-refractivity contribution in [1.82, 2.24) is 14.5 Å². The molecule has 1 N–H and O–H groups in total. The lowest BCUT2D eigenvalue weighted by Gasteiger charge is -2.25. The van der Waals surface area contributed by atoms with Crippen LogP contribution in [-0.4, -0.2) is 9.13 Å². The molecule has 2 aromatic heterocycles. The molecule has 2 aliphatic rings. The number of fused-ring (bicyclic) bond motifs is 12. The number of hydrogen-bond acceptors (Lipinski definition) is 2. The minimum absolute atomic E-state index is 0.388. The van der Waals surface area contributed by atoms with E-state index in [-0.39, 0.29) is 6.29 Å². The summed E-state index contributed by atoms with van der Waals surface area (Å²) in [4.78, 5) is 5.46. The Morgan fingerprint density at radius 1 is 0.426 bits per heavy atom. The average molecular weight is 689 g/mol. The Kier molecular flexibility index (Phi) is 6.08. The predicted molar refractivity (Wildman–Crippen MR) is 222 cm³/mol. The number of nitrogens with one attached hydrogen (secondary N) is 1. The first-order chi connectivity index (χ1) is 26.8. The quantitative estimate of drug-likeness (QED) is 0.197. The van der Waals surface area contributed by atoms with Crippen LogP contribution in [0.3, 0.4) is 0 Å². The van der Waals surface area contributed by atoms with E-state index in [1.54, 1.807) is 0 Å². The van der Waals surface area contributed by atoms with E-state index in [9.17, 15) is 0 Å². The number of rotatable bonds is 3. The Bertz CT molecular complexity index is 3300. The van der Waals surface area contributed by atoms with Gasteiger partial charge in [0.25, 0.3) is 0 Å². The highest BCUT2D eigenvalue weighted by Crippen LogP contribution is 2.49. The summed E-state index contributed by atoms with van der Waals surface area (Å²) in [7, 11) is 0. The van der Waals surface area contributed by atoms with Crippen molar-refractivity contribution >= 4 is 49.3 Å². The molecule has 10 aromatic rings. The maximum Gasteiger partial charge on any atom is 0.201 e. The highest BCUT2D eigenvalue weighted by Gasteiger charge is 2.28. The van der Waals surface area contributed by atoms with Gasteiger partial charge in [0, 0.05) is 37.9 Å². The molecule has 0 radical (unpaired) electrons. The fourth-order valence-electron chi connectivity index (χ4n) is 9.13. The summed E-state index contributed by atoms with van der Waals surface area (Å²) in [5, 5.41) is 11.0. The van der Waals surface area contributed by atoms with Crippen molar-refractivity contribution in [2.24, 2.45) is 4.99 Å². The maximum atomic E-state index is 5.46. The molecule has 4 heterocycles. The van der Waals surface area contributed by atoms with Crippen LogP contribution in [0.2, 0.25) is 0 Å². The molecule has 4 heteroatoms. The van der Waals surface area contributed by atoms with Crippen LogP contribution in [0.15, 0.2) is 187 Å². The molecular formula is C50H32N4. The van der Waals surface area contributed by atoms with Crippen molar-refractivity contribution in [3.05, 3.63) is 198 Å². The number of nitrogens with zero attached hydrogens (tertiary/aromatic N) is 3. The highest BCUT2D eigenvalue weighted by molar-refractivity contribution is 6.19. The fourth-order valence-corrected chi connectivity index (χ4v) is 9.13. The zero-order valence-electron chi connectivity index (χ0n) is 29.2. The molecular weight excluding hydrogens is 657 g/mol. The Hall–Kier alpha value is -7.17. The van der Waals surface area contributed by atoms with Crippen LogP contribution in [0, 0.1) is 0 Å². The first-order valence-corrected chi connectivity index (χ1v) is 18.6. The molecule has 0 saturated heterocycles. The number of hydrogen-bond donors (Lipinski definition) is 1. The SMILES string of the molecule is c1ccc(C2=c3ccccc3=NC(n3c4cc(-c5ccccc5)ccc4c4cc5c(cc43)-c3ccccc3-n3c4ccccc4c4cccc-5c43)N2)cc1. The van der Waals surface area contributed by atoms with Gasteiger partial charge in [-0.25, -0.2) is 4.99 Å². The van der Waals surface area contributed by atoms with E-state index >= 15 is 0 Å². The monoisotopic (exact) mass is 688 g/mol. The Labute approximate surface area is 311 Å². The van der Waals surface area contributed by atoms with Gasteiger partial charge in [-0.2, -0.15) is 0 Å². The van der Waals surface area contributed by atoms with E-state index in [0.717, 1.165) is 32.9 Å². The van der Waals surface area contributed by atoms with Gasteiger partial charge in [-0.05, 0) is 64.2 Å². The first-order valence-electron chi connectivity index (χ1n) is 18.6. The van der Waals surface area contributed by atoms with Crippen molar-refractivity contribution < 1.29 is 0 Å². The van der Waals surface area contributed by atoms with Crippen LogP contribution >= 0.6 is 0 Å². The molecule has 0 aliphatic carbocycles. The lowest BCUT2D eigenvalue weighted by atomic mass is 9.92. The zero-order valence-corrected chi connectivity index (χ0v) is 29.2. The van der Waals surface area contributed by atoms with Crippen LogP contribution in [0.1, 0.15) is 11.9 Å². The molecule has 54 heavy (non-hydrogen) atoms. The first kappa shape index (κ1) is 29.4. The minimum Gasteiger partial charge on any atom is -0.345 e. The summed E-state index contributed by atoms with van der Waals surface area (Å²) < 4.78 is 4.91. The fraction of sp³-hybridized carbons (Fsp3) is 0.0200.